The lowest BCUT2D eigenvalue weighted by atomic mass is 9.89. The molecule has 0 aromatic heterocycles. The zero-order valence-corrected chi connectivity index (χ0v) is 11.1. The third kappa shape index (κ3) is 2.41. The summed E-state index contributed by atoms with van der Waals surface area (Å²) < 4.78 is 0. The van der Waals surface area contributed by atoms with Crippen LogP contribution in [0.2, 0.25) is 0 Å². The van der Waals surface area contributed by atoms with E-state index in [1.807, 2.05) is 0 Å². The van der Waals surface area contributed by atoms with Gasteiger partial charge in [0.2, 0.25) is 5.91 Å². The Kier molecular flexibility index (Phi) is 3.22. The number of nitrogens with zero attached hydrogens (tertiary/aromatic N) is 1. The summed E-state index contributed by atoms with van der Waals surface area (Å²) in [5.41, 5.74) is 6.00. The van der Waals surface area contributed by atoms with Gasteiger partial charge in [-0.05, 0) is 44.0 Å². The Morgan fingerprint density at radius 2 is 2.11 bits per heavy atom. The van der Waals surface area contributed by atoms with Crippen molar-refractivity contribution in [2.24, 2.45) is 11.1 Å². The zero-order valence-electron chi connectivity index (χ0n) is 11.1. The molecule has 19 heavy (non-hydrogen) atoms. The van der Waals surface area contributed by atoms with Crippen molar-refractivity contribution in [3.8, 4) is 5.75 Å². The topological polar surface area (TPSA) is 83.6 Å². The molecular weight excluding hydrogens is 244 g/mol. The second-order valence-electron chi connectivity index (χ2n) is 5.40. The minimum atomic E-state index is -0.638. The first kappa shape index (κ1) is 13.4. The third-order valence-electron chi connectivity index (χ3n) is 3.80. The second kappa shape index (κ2) is 4.57. The SMILES string of the molecule is Cc1cc(O)ccc1C(=O)N1CCC(C)(C(N)=O)C1. The van der Waals surface area contributed by atoms with E-state index in [1.165, 1.54) is 6.07 Å². The number of aryl methyl sites for hydroxylation is 1. The van der Waals surface area contributed by atoms with E-state index in [4.69, 9.17) is 5.73 Å². The molecule has 1 heterocycles. The number of primary amides is 1. The number of likely N-dealkylation sites (tertiary alicyclic amines) is 1. The fraction of sp³-hybridized carbons (Fsp3) is 0.429. The van der Waals surface area contributed by atoms with Crippen LogP contribution in [0.5, 0.6) is 5.75 Å². The van der Waals surface area contributed by atoms with Crippen LogP contribution >= 0.6 is 0 Å². The van der Waals surface area contributed by atoms with Crippen LogP contribution in [-0.2, 0) is 4.79 Å². The zero-order chi connectivity index (χ0) is 14.2. The molecule has 1 unspecified atom stereocenters. The van der Waals surface area contributed by atoms with Gasteiger partial charge in [-0.1, -0.05) is 0 Å². The highest BCUT2D eigenvalue weighted by atomic mass is 16.3. The molecule has 1 aliphatic rings. The summed E-state index contributed by atoms with van der Waals surface area (Å²) in [6.07, 6.45) is 0.588. The quantitative estimate of drug-likeness (QED) is 0.835. The van der Waals surface area contributed by atoms with Gasteiger partial charge in [-0.2, -0.15) is 0 Å². The van der Waals surface area contributed by atoms with Gasteiger partial charge in [0, 0.05) is 18.7 Å². The van der Waals surface area contributed by atoms with Gasteiger partial charge < -0.3 is 15.7 Å². The molecule has 1 atom stereocenters. The lowest BCUT2D eigenvalue weighted by molar-refractivity contribution is -0.126. The number of phenolic OH excluding ortho intramolecular Hbond substituents is 1. The Labute approximate surface area is 112 Å². The average molecular weight is 262 g/mol. The van der Waals surface area contributed by atoms with Crippen molar-refractivity contribution in [1.29, 1.82) is 0 Å². The molecule has 0 aliphatic carbocycles. The van der Waals surface area contributed by atoms with E-state index in [1.54, 1.807) is 30.9 Å². The molecule has 0 radical (unpaired) electrons. The Bertz CT molecular complexity index is 541. The number of aromatic hydroxyl groups is 1. The Hall–Kier alpha value is -2.04. The molecule has 5 nitrogen and oxygen atoms in total. The fourth-order valence-electron chi connectivity index (χ4n) is 2.39. The summed E-state index contributed by atoms with van der Waals surface area (Å²) >= 11 is 0. The number of amides is 2. The van der Waals surface area contributed by atoms with Gasteiger partial charge in [-0.25, -0.2) is 0 Å². The van der Waals surface area contributed by atoms with E-state index in [2.05, 4.69) is 0 Å². The van der Waals surface area contributed by atoms with Crippen LogP contribution in [0.25, 0.3) is 0 Å². The van der Waals surface area contributed by atoms with Crippen molar-refractivity contribution >= 4 is 11.8 Å². The minimum absolute atomic E-state index is 0.123. The Morgan fingerprint density at radius 1 is 1.42 bits per heavy atom. The van der Waals surface area contributed by atoms with Crippen molar-refractivity contribution in [2.75, 3.05) is 13.1 Å². The molecule has 3 N–H and O–H groups in total. The summed E-state index contributed by atoms with van der Waals surface area (Å²) in [4.78, 5) is 25.4. The van der Waals surface area contributed by atoms with Crippen molar-refractivity contribution in [3.63, 3.8) is 0 Å². The maximum absolute atomic E-state index is 12.4. The summed E-state index contributed by atoms with van der Waals surface area (Å²) in [5, 5.41) is 9.35. The van der Waals surface area contributed by atoms with Crippen LogP contribution in [0.4, 0.5) is 0 Å². The van der Waals surface area contributed by atoms with Gasteiger partial charge in [0.25, 0.3) is 5.91 Å². The fourth-order valence-corrected chi connectivity index (χ4v) is 2.39. The maximum atomic E-state index is 12.4. The molecule has 0 saturated carbocycles. The molecule has 0 spiro atoms. The largest absolute Gasteiger partial charge is 0.508 e. The number of benzene rings is 1. The Morgan fingerprint density at radius 3 is 2.63 bits per heavy atom. The Balaban J connectivity index is 2.20. The first-order valence-electron chi connectivity index (χ1n) is 6.22. The number of nitrogens with two attached hydrogens (primary N) is 1. The van der Waals surface area contributed by atoms with Gasteiger partial charge in [-0.3, -0.25) is 9.59 Å². The van der Waals surface area contributed by atoms with Gasteiger partial charge in [0.05, 0.1) is 5.41 Å². The van der Waals surface area contributed by atoms with E-state index in [-0.39, 0.29) is 17.6 Å². The first-order valence-corrected chi connectivity index (χ1v) is 6.22. The highest BCUT2D eigenvalue weighted by Gasteiger charge is 2.40. The second-order valence-corrected chi connectivity index (χ2v) is 5.40. The molecule has 5 heteroatoms. The summed E-state index contributed by atoms with van der Waals surface area (Å²) in [5.74, 6) is -0.356. The van der Waals surface area contributed by atoms with Crippen molar-refractivity contribution in [3.05, 3.63) is 29.3 Å². The van der Waals surface area contributed by atoms with Crippen LogP contribution in [-0.4, -0.2) is 34.9 Å². The van der Waals surface area contributed by atoms with Gasteiger partial charge in [0.15, 0.2) is 0 Å². The van der Waals surface area contributed by atoms with E-state index in [9.17, 15) is 14.7 Å². The molecule has 1 fully saturated rings. The molecule has 1 aliphatic heterocycles. The highest BCUT2D eigenvalue weighted by molar-refractivity contribution is 5.96. The van der Waals surface area contributed by atoms with Crippen LogP contribution < -0.4 is 5.73 Å². The van der Waals surface area contributed by atoms with E-state index < -0.39 is 5.41 Å². The number of carbonyl (C=O) groups excluding carboxylic acids is 2. The first-order chi connectivity index (χ1) is 8.83. The molecule has 102 valence electrons. The van der Waals surface area contributed by atoms with Crippen LogP contribution in [0, 0.1) is 12.3 Å². The molecule has 1 aromatic rings. The lowest BCUT2D eigenvalue weighted by Crippen LogP contribution is -2.38. The van der Waals surface area contributed by atoms with Gasteiger partial charge >= 0.3 is 0 Å². The smallest absolute Gasteiger partial charge is 0.254 e. The van der Waals surface area contributed by atoms with Crippen LogP contribution in [0.15, 0.2) is 18.2 Å². The third-order valence-corrected chi connectivity index (χ3v) is 3.80. The summed E-state index contributed by atoms with van der Waals surface area (Å²) in [6, 6.07) is 4.65. The van der Waals surface area contributed by atoms with Gasteiger partial charge in [-0.15, -0.1) is 0 Å². The standard InChI is InChI=1S/C14H18N2O3/c1-9-7-10(17)3-4-11(9)12(18)16-6-5-14(2,8-16)13(15)19/h3-4,7,17H,5-6,8H2,1-2H3,(H2,15,19). The highest BCUT2D eigenvalue weighted by Crippen LogP contribution is 2.31. The van der Waals surface area contributed by atoms with E-state index in [0.29, 0.717) is 25.1 Å². The summed E-state index contributed by atoms with van der Waals surface area (Å²) in [7, 11) is 0. The number of rotatable bonds is 2. The van der Waals surface area contributed by atoms with E-state index in [0.717, 1.165) is 5.56 Å². The normalized spacial score (nSPS) is 22.5. The monoisotopic (exact) mass is 262 g/mol. The molecule has 2 amide bonds. The predicted octanol–water partition coefficient (Wildman–Crippen LogP) is 1.04. The van der Waals surface area contributed by atoms with E-state index >= 15 is 0 Å². The molecule has 2 rings (SSSR count). The average Bonchev–Trinajstić information content (AvgIpc) is 2.73. The lowest BCUT2D eigenvalue weighted by Gasteiger charge is -2.21. The predicted molar refractivity (Wildman–Crippen MR) is 70.7 cm³/mol. The van der Waals surface area contributed by atoms with Crippen LogP contribution in [0.1, 0.15) is 29.3 Å². The molecule has 1 aromatic carbocycles. The molecular formula is C14H18N2O3. The van der Waals surface area contributed by atoms with Crippen LogP contribution in [0.3, 0.4) is 0 Å². The number of carbonyl (C=O) groups is 2. The number of phenols is 1. The van der Waals surface area contributed by atoms with Crippen molar-refractivity contribution < 1.29 is 14.7 Å². The van der Waals surface area contributed by atoms with Crippen molar-refractivity contribution in [2.45, 2.75) is 20.3 Å². The minimum Gasteiger partial charge on any atom is -0.508 e. The number of hydrogen-bond donors (Lipinski definition) is 2. The van der Waals surface area contributed by atoms with Gasteiger partial charge in [0.1, 0.15) is 5.75 Å². The molecule has 0 bridgehead atoms. The van der Waals surface area contributed by atoms with Crippen molar-refractivity contribution in [1.82, 2.24) is 4.90 Å². The molecule has 1 saturated heterocycles. The number of hydrogen-bond acceptors (Lipinski definition) is 3. The maximum Gasteiger partial charge on any atom is 0.254 e. The summed E-state index contributed by atoms with van der Waals surface area (Å²) in [6.45, 7) is 4.43.